The van der Waals surface area contributed by atoms with E-state index in [1.807, 2.05) is 18.2 Å². The molecular formula is C12H7ClN2S. The van der Waals surface area contributed by atoms with Gasteiger partial charge in [0.15, 0.2) is 0 Å². The largest absolute Gasteiger partial charge is 0.226 e. The van der Waals surface area contributed by atoms with Crippen LogP contribution in [0.1, 0.15) is 0 Å². The molecule has 4 heteroatoms. The van der Waals surface area contributed by atoms with E-state index in [1.165, 1.54) is 5.56 Å². The van der Waals surface area contributed by atoms with Gasteiger partial charge in [-0.15, -0.1) is 11.3 Å². The Hall–Kier alpha value is -1.45. The summed E-state index contributed by atoms with van der Waals surface area (Å²) >= 11 is 7.35. The molecule has 0 saturated carbocycles. The number of benzene rings is 1. The second-order valence-corrected chi connectivity index (χ2v) is 4.57. The lowest BCUT2D eigenvalue weighted by Gasteiger charge is -1.98. The molecule has 2 nitrogen and oxygen atoms in total. The van der Waals surface area contributed by atoms with Gasteiger partial charge in [-0.25, -0.2) is 9.97 Å². The Labute approximate surface area is 102 Å². The maximum absolute atomic E-state index is 5.76. The van der Waals surface area contributed by atoms with Gasteiger partial charge in [0.05, 0.1) is 0 Å². The van der Waals surface area contributed by atoms with Gasteiger partial charge in [0, 0.05) is 22.5 Å². The molecule has 0 fully saturated rings. The molecule has 0 amide bonds. The van der Waals surface area contributed by atoms with Gasteiger partial charge in [-0.05, 0) is 17.2 Å². The van der Waals surface area contributed by atoms with E-state index < -0.39 is 0 Å². The molecule has 3 aromatic rings. The quantitative estimate of drug-likeness (QED) is 0.607. The smallest absolute Gasteiger partial charge is 0.223 e. The molecular weight excluding hydrogens is 240 g/mol. The summed E-state index contributed by atoms with van der Waals surface area (Å²) in [7, 11) is 0. The average molecular weight is 247 g/mol. The van der Waals surface area contributed by atoms with Crippen LogP contribution in [0.15, 0.2) is 41.9 Å². The van der Waals surface area contributed by atoms with E-state index in [0.29, 0.717) is 5.28 Å². The molecule has 0 unspecified atom stereocenters. The van der Waals surface area contributed by atoms with Gasteiger partial charge in [0.2, 0.25) is 5.28 Å². The maximum atomic E-state index is 5.76. The van der Waals surface area contributed by atoms with Crippen LogP contribution < -0.4 is 0 Å². The number of thiophene rings is 1. The molecule has 0 atom stereocenters. The fraction of sp³-hybridized carbons (Fsp3) is 0. The maximum Gasteiger partial charge on any atom is 0.223 e. The Morgan fingerprint density at radius 3 is 2.75 bits per heavy atom. The number of halogens is 1. The summed E-state index contributed by atoms with van der Waals surface area (Å²) in [5, 5.41) is 3.44. The van der Waals surface area contributed by atoms with Crippen molar-refractivity contribution in [3.63, 3.8) is 0 Å². The number of aromatic nitrogens is 2. The number of rotatable bonds is 1. The van der Waals surface area contributed by atoms with Gasteiger partial charge in [-0.3, -0.25) is 0 Å². The van der Waals surface area contributed by atoms with E-state index in [9.17, 15) is 0 Å². The highest BCUT2D eigenvalue weighted by Gasteiger charge is 2.07. The van der Waals surface area contributed by atoms with Gasteiger partial charge >= 0.3 is 0 Å². The van der Waals surface area contributed by atoms with Gasteiger partial charge in [0.25, 0.3) is 0 Å². The molecule has 3 rings (SSSR count). The lowest BCUT2D eigenvalue weighted by Crippen LogP contribution is -1.81. The van der Waals surface area contributed by atoms with Crippen LogP contribution in [0.25, 0.3) is 21.3 Å². The molecule has 2 heterocycles. The predicted octanol–water partition coefficient (Wildman–Crippen LogP) is 4.01. The minimum absolute atomic E-state index is 0.300. The Morgan fingerprint density at radius 2 is 1.94 bits per heavy atom. The molecule has 2 aromatic heterocycles. The fourth-order valence-electron chi connectivity index (χ4n) is 1.64. The van der Waals surface area contributed by atoms with Crippen LogP contribution in [0.2, 0.25) is 5.28 Å². The van der Waals surface area contributed by atoms with Crippen molar-refractivity contribution in [3.05, 3.63) is 47.2 Å². The molecule has 0 bridgehead atoms. The zero-order chi connectivity index (χ0) is 11.0. The first-order valence-corrected chi connectivity index (χ1v) is 6.05. The topological polar surface area (TPSA) is 25.8 Å². The Balaban J connectivity index is 2.26. The van der Waals surface area contributed by atoms with Gasteiger partial charge < -0.3 is 0 Å². The molecule has 0 radical (unpaired) electrons. The van der Waals surface area contributed by atoms with E-state index in [4.69, 9.17) is 11.6 Å². The molecule has 78 valence electrons. The Bertz CT molecular complexity index is 634. The first-order chi connectivity index (χ1) is 7.84. The summed E-state index contributed by atoms with van der Waals surface area (Å²) in [6, 6.07) is 10.2. The van der Waals surface area contributed by atoms with E-state index in [2.05, 4.69) is 27.5 Å². The summed E-state index contributed by atoms with van der Waals surface area (Å²) in [6.07, 6.45) is 1.78. The first-order valence-electron chi connectivity index (χ1n) is 4.80. The second kappa shape index (κ2) is 3.85. The van der Waals surface area contributed by atoms with Crippen molar-refractivity contribution in [1.82, 2.24) is 9.97 Å². The third kappa shape index (κ3) is 1.58. The number of fused-ring (bicyclic) bond motifs is 1. The van der Waals surface area contributed by atoms with Crippen molar-refractivity contribution in [2.45, 2.75) is 0 Å². The third-order valence-electron chi connectivity index (χ3n) is 2.39. The molecule has 0 aliphatic rings. The van der Waals surface area contributed by atoms with Crippen LogP contribution in [0, 0.1) is 0 Å². The van der Waals surface area contributed by atoms with Gasteiger partial charge in [-0.2, -0.15) is 0 Å². The second-order valence-electron chi connectivity index (χ2n) is 3.37. The number of hydrogen-bond donors (Lipinski definition) is 0. The van der Waals surface area contributed by atoms with Crippen LogP contribution in [0.3, 0.4) is 0 Å². The molecule has 0 spiro atoms. The monoisotopic (exact) mass is 246 g/mol. The van der Waals surface area contributed by atoms with Crippen molar-refractivity contribution in [2.24, 2.45) is 0 Å². The van der Waals surface area contributed by atoms with Crippen molar-refractivity contribution in [3.8, 4) is 11.1 Å². The van der Waals surface area contributed by atoms with Crippen molar-refractivity contribution < 1.29 is 0 Å². The highest BCUT2D eigenvalue weighted by atomic mass is 35.5. The van der Waals surface area contributed by atoms with Gasteiger partial charge in [0.1, 0.15) is 4.83 Å². The van der Waals surface area contributed by atoms with Gasteiger partial charge in [-0.1, -0.05) is 30.3 Å². The SMILES string of the molecule is Clc1ncc2c(-c3ccccc3)csc2n1. The minimum Gasteiger partial charge on any atom is -0.226 e. The lowest BCUT2D eigenvalue weighted by atomic mass is 10.1. The summed E-state index contributed by atoms with van der Waals surface area (Å²) < 4.78 is 0. The number of hydrogen-bond acceptors (Lipinski definition) is 3. The summed E-state index contributed by atoms with van der Waals surface area (Å²) in [6.45, 7) is 0. The Kier molecular flexibility index (Phi) is 2.35. The van der Waals surface area contributed by atoms with Crippen LogP contribution in [-0.4, -0.2) is 9.97 Å². The summed E-state index contributed by atoms with van der Waals surface area (Å²) in [4.78, 5) is 9.15. The van der Waals surface area contributed by atoms with Crippen molar-refractivity contribution in [2.75, 3.05) is 0 Å². The van der Waals surface area contributed by atoms with Crippen LogP contribution >= 0.6 is 22.9 Å². The van der Waals surface area contributed by atoms with Crippen LogP contribution in [0.5, 0.6) is 0 Å². The normalized spacial score (nSPS) is 10.8. The predicted molar refractivity (Wildman–Crippen MR) is 67.9 cm³/mol. The van der Waals surface area contributed by atoms with Crippen LogP contribution in [0.4, 0.5) is 0 Å². The molecule has 0 N–H and O–H groups in total. The number of nitrogens with zero attached hydrogens (tertiary/aromatic N) is 2. The zero-order valence-corrected chi connectivity index (χ0v) is 9.79. The molecule has 0 saturated heterocycles. The fourth-order valence-corrected chi connectivity index (χ4v) is 2.74. The zero-order valence-electron chi connectivity index (χ0n) is 8.22. The average Bonchev–Trinajstić information content (AvgIpc) is 2.73. The first kappa shape index (κ1) is 9.75. The van der Waals surface area contributed by atoms with E-state index >= 15 is 0 Å². The Morgan fingerprint density at radius 1 is 1.12 bits per heavy atom. The van der Waals surface area contributed by atoms with Crippen LogP contribution in [-0.2, 0) is 0 Å². The van der Waals surface area contributed by atoms with Crippen molar-refractivity contribution in [1.29, 1.82) is 0 Å². The molecule has 1 aromatic carbocycles. The highest BCUT2D eigenvalue weighted by molar-refractivity contribution is 7.17. The summed E-state index contributed by atoms with van der Waals surface area (Å²) in [5.74, 6) is 0. The minimum atomic E-state index is 0.300. The third-order valence-corrected chi connectivity index (χ3v) is 3.46. The van der Waals surface area contributed by atoms with E-state index in [0.717, 1.165) is 15.8 Å². The molecule has 0 aliphatic carbocycles. The summed E-state index contributed by atoms with van der Waals surface area (Å²) in [5.41, 5.74) is 2.34. The van der Waals surface area contributed by atoms with E-state index in [1.54, 1.807) is 17.5 Å². The lowest BCUT2D eigenvalue weighted by molar-refractivity contribution is 1.23. The van der Waals surface area contributed by atoms with E-state index in [-0.39, 0.29) is 0 Å². The molecule has 0 aliphatic heterocycles. The van der Waals surface area contributed by atoms with Crippen molar-refractivity contribution >= 4 is 33.2 Å². The standard InChI is InChI=1S/C12H7ClN2S/c13-12-14-6-9-10(7-16-11(9)15-12)8-4-2-1-3-5-8/h1-7H. The highest BCUT2D eigenvalue weighted by Crippen LogP contribution is 2.32. The molecule has 16 heavy (non-hydrogen) atoms.